The monoisotopic (exact) mass is 183 g/mol. The van der Waals surface area contributed by atoms with Gasteiger partial charge >= 0.3 is 0 Å². The Bertz CT molecular complexity index is 549. The lowest BCUT2D eigenvalue weighted by atomic mass is 10.1. The molecule has 0 aliphatic rings. The van der Waals surface area contributed by atoms with Crippen LogP contribution >= 0.6 is 0 Å². The van der Waals surface area contributed by atoms with E-state index in [0.717, 1.165) is 16.8 Å². The Hall–Kier alpha value is -2.03. The van der Waals surface area contributed by atoms with E-state index in [1.54, 1.807) is 6.33 Å². The van der Waals surface area contributed by atoms with Crippen LogP contribution < -0.4 is 0 Å². The van der Waals surface area contributed by atoms with Crippen LogP contribution in [0.25, 0.3) is 22.2 Å². The van der Waals surface area contributed by atoms with Crippen LogP contribution in [0.4, 0.5) is 0 Å². The zero-order valence-electron chi connectivity index (χ0n) is 7.49. The second kappa shape index (κ2) is 2.73. The van der Waals surface area contributed by atoms with Crippen molar-refractivity contribution in [3.63, 3.8) is 0 Å². The number of fused-ring (bicyclic) bond motifs is 1. The normalized spacial score (nSPS) is 10.9. The second-order valence-corrected chi connectivity index (χ2v) is 3.24. The van der Waals surface area contributed by atoms with Gasteiger partial charge in [-0.25, -0.2) is 4.98 Å². The number of aromatic nitrogens is 3. The summed E-state index contributed by atoms with van der Waals surface area (Å²) in [6, 6.07) is 8.35. The molecule has 2 N–H and O–H groups in total. The molecule has 0 saturated carbocycles. The predicted octanol–water partition coefficient (Wildman–Crippen LogP) is 2.56. The molecule has 0 atom stereocenters. The first-order valence-electron chi connectivity index (χ1n) is 4.49. The summed E-state index contributed by atoms with van der Waals surface area (Å²) >= 11 is 0. The molecule has 3 nitrogen and oxygen atoms in total. The van der Waals surface area contributed by atoms with Crippen molar-refractivity contribution in [3.8, 4) is 11.3 Å². The molecule has 3 heteroatoms. The maximum Gasteiger partial charge on any atom is 0.0924 e. The fourth-order valence-corrected chi connectivity index (χ4v) is 1.63. The van der Waals surface area contributed by atoms with Gasteiger partial charge < -0.3 is 9.97 Å². The Kier molecular flexibility index (Phi) is 1.44. The van der Waals surface area contributed by atoms with Crippen molar-refractivity contribution in [2.24, 2.45) is 0 Å². The number of H-pyrrole nitrogens is 2. The molecule has 0 aliphatic heterocycles. The van der Waals surface area contributed by atoms with Crippen LogP contribution in [0, 0.1) is 0 Å². The highest BCUT2D eigenvalue weighted by Crippen LogP contribution is 2.21. The molecule has 0 saturated heterocycles. The van der Waals surface area contributed by atoms with Crippen LogP contribution in [0.1, 0.15) is 0 Å². The number of nitrogens with zero attached hydrogens (tertiary/aromatic N) is 1. The van der Waals surface area contributed by atoms with Crippen LogP contribution in [0.5, 0.6) is 0 Å². The Morgan fingerprint density at radius 3 is 2.93 bits per heavy atom. The molecule has 0 radical (unpaired) electrons. The Morgan fingerprint density at radius 2 is 2.07 bits per heavy atom. The summed E-state index contributed by atoms with van der Waals surface area (Å²) in [4.78, 5) is 10.3. The van der Waals surface area contributed by atoms with Crippen molar-refractivity contribution in [1.82, 2.24) is 15.0 Å². The van der Waals surface area contributed by atoms with Crippen LogP contribution in [0.15, 0.2) is 43.0 Å². The van der Waals surface area contributed by atoms with E-state index in [1.807, 2.05) is 12.4 Å². The molecule has 0 amide bonds. The van der Waals surface area contributed by atoms with E-state index >= 15 is 0 Å². The minimum atomic E-state index is 1.05. The first kappa shape index (κ1) is 7.38. The van der Waals surface area contributed by atoms with E-state index in [4.69, 9.17) is 0 Å². The van der Waals surface area contributed by atoms with Crippen LogP contribution in [-0.4, -0.2) is 15.0 Å². The highest BCUT2D eigenvalue weighted by atomic mass is 14.9. The van der Waals surface area contributed by atoms with E-state index in [2.05, 4.69) is 39.2 Å². The lowest BCUT2D eigenvalue weighted by Crippen LogP contribution is -1.76. The van der Waals surface area contributed by atoms with Gasteiger partial charge in [0.2, 0.25) is 0 Å². The third kappa shape index (κ3) is 1.03. The molecule has 2 heterocycles. The highest BCUT2D eigenvalue weighted by Gasteiger charge is 2.00. The van der Waals surface area contributed by atoms with Crippen molar-refractivity contribution < 1.29 is 0 Å². The first-order valence-corrected chi connectivity index (χ1v) is 4.49. The van der Waals surface area contributed by atoms with Gasteiger partial charge in [0, 0.05) is 22.7 Å². The number of nitrogens with one attached hydrogen (secondary N) is 2. The quantitative estimate of drug-likeness (QED) is 0.598. The summed E-state index contributed by atoms with van der Waals surface area (Å²) in [6.45, 7) is 0. The number of rotatable bonds is 1. The van der Waals surface area contributed by atoms with Crippen molar-refractivity contribution in [1.29, 1.82) is 0 Å². The average Bonchev–Trinajstić information content (AvgIpc) is 2.88. The van der Waals surface area contributed by atoms with E-state index in [0.29, 0.717) is 0 Å². The standard InChI is InChI=1S/C11H9N3/c1-2-10-9(3-4-13-10)5-8(1)11-6-12-7-14-11/h1-7,13H,(H,12,14). The number of benzene rings is 1. The van der Waals surface area contributed by atoms with Gasteiger partial charge in [-0.2, -0.15) is 0 Å². The van der Waals surface area contributed by atoms with Gasteiger partial charge in [-0.05, 0) is 18.2 Å². The number of aromatic amines is 2. The molecule has 0 bridgehead atoms. The largest absolute Gasteiger partial charge is 0.361 e. The minimum Gasteiger partial charge on any atom is -0.361 e. The molecular weight excluding hydrogens is 174 g/mol. The molecular formula is C11H9N3. The summed E-state index contributed by atoms with van der Waals surface area (Å²) < 4.78 is 0. The third-order valence-electron chi connectivity index (χ3n) is 2.36. The molecule has 2 aromatic heterocycles. The van der Waals surface area contributed by atoms with Gasteiger partial charge in [-0.1, -0.05) is 6.07 Å². The molecule has 68 valence electrons. The molecule has 14 heavy (non-hydrogen) atoms. The summed E-state index contributed by atoms with van der Waals surface area (Å²) in [5, 5.41) is 1.22. The van der Waals surface area contributed by atoms with E-state index in [9.17, 15) is 0 Å². The van der Waals surface area contributed by atoms with Crippen molar-refractivity contribution in [2.45, 2.75) is 0 Å². The molecule has 1 aromatic carbocycles. The smallest absolute Gasteiger partial charge is 0.0924 e. The molecule has 0 fully saturated rings. The first-order chi connectivity index (χ1) is 6.93. The zero-order valence-corrected chi connectivity index (χ0v) is 7.49. The highest BCUT2D eigenvalue weighted by molar-refractivity contribution is 5.84. The van der Waals surface area contributed by atoms with E-state index < -0.39 is 0 Å². The SMILES string of the molecule is c1ncc(-c2ccc3[nH]ccc3c2)[nH]1. The lowest BCUT2D eigenvalue weighted by Gasteiger charge is -1.97. The third-order valence-corrected chi connectivity index (χ3v) is 2.36. The van der Waals surface area contributed by atoms with Crippen LogP contribution in [0.3, 0.4) is 0 Å². The van der Waals surface area contributed by atoms with Gasteiger partial charge in [-0.15, -0.1) is 0 Å². The maximum atomic E-state index is 4.00. The molecule has 0 spiro atoms. The van der Waals surface area contributed by atoms with E-state index in [1.165, 1.54) is 5.39 Å². The van der Waals surface area contributed by atoms with E-state index in [-0.39, 0.29) is 0 Å². The van der Waals surface area contributed by atoms with Crippen molar-refractivity contribution in [3.05, 3.63) is 43.0 Å². The summed E-state index contributed by atoms with van der Waals surface area (Å²) in [5.74, 6) is 0. The second-order valence-electron chi connectivity index (χ2n) is 3.24. The summed E-state index contributed by atoms with van der Waals surface area (Å²) in [7, 11) is 0. The van der Waals surface area contributed by atoms with Crippen LogP contribution in [0.2, 0.25) is 0 Å². The Balaban J connectivity index is 2.23. The molecule has 0 aliphatic carbocycles. The van der Waals surface area contributed by atoms with Crippen LogP contribution in [-0.2, 0) is 0 Å². The van der Waals surface area contributed by atoms with Gasteiger partial charge in [-0.3, -0.25) is 0 Å². The Labute approximate surface area is 80.8 Å². The molecule has 3 rings (SSSR count). The molecule has 3 aromatic rings. The number of hydrogen-bond donors (Lipinski definition) is 2. The lowest BCUT2D eigenvalue weighted by molar-refractivity contribution is 1.31. The summed E-state index contributed by atoms with van der Waals surface area (Å²) in [5.41, 5.74) is 3.37. The maximum absolute atomic E-state index is 4.00. The Morgan fingerprint density at radius 1 is 1.07 bits per heavy atom. The summed E-state index contributed by atoms with van der Waals surface area (Å²) in [6.07, 6.45) is 5.46. The van der Waals surface area contributed by atoms with Gasteiger partial charge in [0.25, 0.3) is 0 Å². The fraction of sp³-hybridized carbons (Fsp3) is 0. The molecule has 0 unspecified atom stereocenters. The van der Waals surface area contributed by atoms with Gasteiger partial charge in [0.15, 0.2) is 0 Å². The number of imidazole rings is 1. The topological polar surface area (TPSA) is 44.5 Å². The average molecular weight is 183 g/mol. The van der Waals surface area contributed by atoms with Gasteiger partial charge in [0.05, 0.1) is 18.2 Å². The zero-order chi connectivity index (χ0) is 9.38. The minimum absolute atomic E-state index is 1.05. The number of hydrogen-bond acceptors (Lipinski definition) is 1. The van der Waals surface area contributed by atoms with Gasteiger partial charge in [0.1, 0.15) is 0 Å². The fourth-order valence-electron chi connectivity index (χ4n) is 1.63. The predicted molar refractivity (Wildman–Crippen MR) is 55.9 cm³/mol. The van der Waals surface area contributed by atoms with Crippen molar-refractivity contribution in [2.75, 3.05) is 0 Å². The van der Waals surface area contributed by atoms with Crippen molar-refractivity contribution >= 4 is 10.9 Å².